The van der Waals surface area contributed by atoms with Crippen molar-refractivity contribution in [2.24, 2.45) is 0 Å². The quantitative estimate of drug-likeness (QED) is 0.810. The fraction of sp³-hybridized carbons (Fsp3) is 0.350. The highest BCUT2D eigenvalue weighted by atomic mass is 16.5. The molecular weight excluding hydrogens is 300 g/mol. The summed E-state index contributed by atoms with van der Waals surface area (Å²) in [6, 6.07) is 20.2. The van der Waals surface area contributed by atoms with Crippen molar-refractivity contribution in [3.8, 4) is 0 Å². The molecule has 0 aliphatic rings. The number of hydrogen-bond acceptors (Lipinski definition) is 3. The fourth-order valence-electron chi connectivity index (χ4n) is 2.32. The summed E-state index contributed by atoms with van der Waals surface area (Å²) in [5.74, 6) is -0.0840. The molecule has 0 fully saturated rings. The molecule has 0 heterocycles. The number of rotatable bonds is 8. The standard InChI is InChI=1S/C20H26N2O2/c1-16(22(3)19-12-8-5-9-13-19)14-21-20(23)17(2)24-15-18-10-6-4-7-11-18/h4-13,16-17H,14-15H2,1-3H3,(H,21,23). The molecule has 2 atom stereocenters. The molecule has 4 heteroatoms. The van der Waals surface area contributed by atoms with E-state index in [1.165, 1.54) is 0 Å². The number of nitrogens with zero attached hydrogens (tertiary/aromatic N) is 1. The minimum absolute atomic E-state index is 0.0840. The summed E-state index contributed by atoms with van der Waals surface area (Å²) in [5, 5.41) is 2.96. The highest BCUT2D eigenvalue weighted by molar-refractivity contribution is 5.80. The fourth-order valence-corrected chi connectivity index (χ4v) is 2.32. The van der Waals surface area contributed by atoms with Crippen molar-refractivity contribution in [2.45, 2.75) is 32.6 Å². The molecular formula is C20H26N2O2. The van der Waals surface area contributed by atoms with Gasteiger partial charge in [-0.25, -0.2) is 0 Å². The lowest BCUT2D eigenvalue weighted by atomic mass is 10.2. The zero-order chi connectivity index (χ0) is 17.4. The van der Waals surface area contributed by atoms with Gasteiger partial charge in [0.25, 0.3) is 0 Å². The summed E-state index contributed by atoms with van der Waals surface area (Å²) in [5.41, 5.74) is 2.20. The van der Waals surface area contributed by atoms with Crippen LogP contribution in [0.2, 0.25) is 0 Å². The lowest BCUT2D eigenvalue weighted by Crippen LogP contribution is -2.43. The second-order valence-corrected chi connectivity index (χ2v) is 5.98. The zero-order valence-electron chi connectivity index (χ0n) is 14.6. The Morgan fingerprint density at radius 1 is 1.04 bits per heavy atom. The van der Waals surface area contributed by atoms with Crippen LogP contribution >= 0.6 is 0 Å². The number of ether oxygens (including phenoxy) is 1. The van der Waals surface area contributed by atoms with Gasteiger partial charge in [-0.2, -0.15) is 0 Å². The van der Waals surface area contributed by atoms with Gasteiger partial charge in [0.15, 0.2) is 0 Å². The third kappa shape index (κ3) is 5.39. The maximum Gasteiger partial charge on any atom is 0.248 e. The number of likely N-dealkylation sites (N-methyl/N-ethyl adjacent to an activating group) is 1. The van der Waals surface area contributed by atoms with Gasteiger partial charge in [0.2, 0.25) is 5.91 Å². The molecule has 2 unspecified atom stereocenters. The number of carbonyl (C=O) groups is 1. The smallest absolute Gasteiger partial charge is 0.248 e. The van der Waals surface area contributed by atoms with Crippen LogP contribution in [0.4, 0.5) is 5.69 Å². The van der Waals surface area contributed by atoms with E-state index in [0.29, 0.717) is 13.2 Å². The largest absolute Gasteiger partial charge is 0.370 e. The predicted molar refractivity (Wildman–Crippen MR) is 98.0 cm³/mol. The monoisotopic (exact) mass is 326 g/mol. The Balaban J connectivity index is 1.75. The minimum Gasteiger partial charge on any atom is -0.370 e. The molecule has 0 radical (unpaired) electrons. The number of anilines is 1. The number of amides is 1. The van der Waals surface area contributed by atoms with E-state index < -0.39 is 6.10 Å². The van der Waals surface area contributed by atoms with Crippen LogP contribution in [0.25, 0.3) is 0 Å². The van der Waals surface area contributed by atoms with Gasteiger partial charge in [-0.1, -0.05) is 48.5 Å². The van der Waals surface area contributed by atoms with Crippen molar-refractivity contribution in [1.82, 2.24) is 5.32 Å². The van der Waals surface area contributed by atoms with Crippen molar-refractivity contribution in [3.05, 3.63) is 66.2 Å². The Labute approximate surface area is 144 Å². The Bertz CT molecular complexity index is 616. The molecule has 2 aromatic carbocycles. The van der Waals surface area contributed by atoms with Crippen LogP contribution in [-0.2, 0) is 16.1 Å². The van der Waals surface area contributed by atoms with E-state index >= 15 is 0 Å². The molecule has 0 aromatic heterocycles. The second-order valence-electron chi connectivity index (χ2n) is 5.98. The van der Waals surface area contributed by atoms with Crippen LogP contribution in [0, 0.1) is 0 Å². The van der Waals surface area contributed by atoms with Gasteiger partial charge in [0.1, 0.15) is 6.10 Å². The molecule has 0 aliphatic heterocycles. The van der Waals surface area contributed by atoms with Crippen molar-refractivity contribution in [2.75, 3.05) is 18.5 Å². The molecule has 0 spiro atoms. The minimum atomic E-state index is -0.473. The van der Waals surface area contributed by atoms with E-state index in [9.17, 15) is 4.79 Å². The summed E-state index contributed by atoms with van der Waals surface area (Å²) in [6.07, 6.45) is -0.473. The van der Waals surface area contributed by atoms with Crippen molar-refractivity contribution >= 4 is 11.6 Å². The van der Waals surface area contributed by atoms with E-state index in [0.717, 1.165) is 11.3 Å². The molecule has 1 N–H and O–H groups in total. The van der Waals surface area contributed by atoms with Gasteiger partial charge in [0, 0.05) is 25.3 Å². The maximum absolute atomic E-state index is 12.2. The Hall–Kier alpha value is -2.33. The highest BCUT2D eigenvalue weighted by Gasteiger charge is 2.16. The molecule has 0 saturated heterocycles. The number of benzene rings is 2. The van der Waals surface area contributed by atoms with Gasteiger partial charge in [-0.05, 0) is 31.5 Å². The highest BCUT2D eigenvalue weighted by Crippen LogP contribution is 2.13. The molecule has 4 nitrogen and oxygen atoms in total. The maximum atomic E-state index is 12.2. The van der Waals surface area contributed by atoms with E-state index in [1.54, 1.807) is 6.92 Å². The first kappa shape index (κ1) is 18.0. The molecule has 128 valence electrons. The molecule has 0 saturated carbocycles. The van der Waals surface area contributed by atoms with Crippen molar-refractivity contribution in [1.29, 1.82) is 0 Å². The molecule has 2 aromatic rings. The third-order valence-corrected chi connectivity index (χ3v) is 4.11. The van der Waals surface area contributed by atoms with E-state index in [2.05, 4.69) is 29.3 Å². The van der Waals surface area contributed by atoms with Crippen molar-refractivity contribution in [3.63, 3.8) is 0 Å². The Morgan fingerprint density at radius 2 is 1.62 bits per heavy atom. The number of carbonyl (C=O) groups excluding carboxylic acids is 1. The number of para-hydroxylation sites is 1. The summed E-state index contributed by atoms with van der Waals surface area (Å²) < 4.78 is 5.64. The second kappa shape index (κ2) is 9.08. The average Bonchev–Trinajstić information content (AvgIpc) is 2.64. The normalized spacial score (nSPS) is 13.1. The van der Waals surface area contributed by atoms with Crippen LogP contribution in [0.1, 0.15) is 19.4 Å². The van der Waals surface area contributed by atoms with Crippen LogP contribution in [0.5, 0.6) is 0 Å². The van der Waals surface area contributed by atoms with Gasteiger partial charge in [0.05, 0.1) is 6.61 Å². The van der Waals surface area contributed by atoms with Gasteiger partial charge < -0.3 is 15.0 Å². The molecule has 2 rings (SSSR count). The Kier molecular flexibility index (Phi) is 6.82. The first-order chi connectivity index (χ1) is 11.6. The molecule has 1 amide bonds. The summed E-state index contributed by atoms with van der Waals surface area (Å²) >= 11 is 0. The summed E-state index contributed by atoms with van der Waals surface area (Å²) in [6.45, 7) is 4.88. The van der Waals surface area contributed by atoms with Crippen LogP contribution in [0.15, 0.2) is 60.7 Å². The molecule has 0 aliphatic carbocycles. The Morgan fingerprint density at radius 3 is 2.25 bits per heavy atom. The first-order valence-corrected chi connectivity index (χ1v) is 8.29. The lowest BCUT2D eigenvalue weighted by Gasteiger charge is -2.27. The van der Waals surface area contributed by atoms with Gasteiger partial charge in [-0.15, -0.1) is 0 Å². The summed E-state index contributed by atoms with van der Waals surface area (Å²) in [7, 11) is 2.03. The number of hydrogen-bond donors (Lipinski definition) is 1. The number of nitrogens with one attached hydrogen (secondary N) is 1. The average molecular weight is 326 g/mol. The van der Waals surface area contributed by atoms with E-state index in [1.807, 2.05) is 55.6 Å². The van der Waals surface area contributed by atoms with Crippen LogP contribution < -0.4 is 10.2 Å². The van der Waals surface area contributed by atoms with Crippen molar-refractivity contribution < 1.29 is 9.53 Å². The van der Waals surface area contributed by atoms with Crippen LogP contribution in [-0.4, -0.2) is 31.6 Å². The van der Waals surface area contributed by atoms with Gasteiger partial charge in [-0.3, -0.25) is 4.79 Å². The molecule has 0 bridgehead atoms. The predicted octanol–water partition coefficient (Wildman–Crippen LogP) is 3.23. The van der Waals surface area contributed by atoms with Gasteiger partial charge >= 0.3 is 0 Å². The zero-order valence-corrected chi connectivity index (χ0v) is 14.6. The first-order valence-electron chi connectivity index (χ1n) is 8.29. The van der Waals surface area contributed by atoms with E-state index in [4.69, 9.17) is 4.74 Å². The van der Waals surface area contributed by atoms with Crippen LogP contribution in [0.3, 0.4) is 0 Å². The summed E-state index contributed by atoms with van der Waals surface area (Å²) in [4.78, 5) is 14.3. The topological polar surface area (TPSA) is 41.6 Å². The SMILES string of the molecule is CC(OCc1ccccc1)C(=O)NCC(C)N(C)c1ccccc1. The van der Waals surface area contributed by atoms with E-state index in [-0.39, 0.29) is 11.9 Å². The lowest BCUT2D eigenvalue weighted by molar-refractivity contribution is -0.132. The molecule has 24 heavy (non-hydrogen) atoms. The third-order valence-electron chi connectivity index (χ3n) is 4.11.